The average molecular weight is 185 g/mol. The molecule has 0 aromatic rings. The first-order valence-corrected chi connectivity index (χ1v) is 4.73. The molecule has 0 aliphatic carbocycles. The molecule has 0 radical (unpaired) electrons. The van der Waals surface area contributed by atoms with Gasteiger partial charge in [0.1, 0.15) is 0 Å². The number of nitrogens with zero attached hydrogens (tertiary/aromatic N) is 2. The zero-order chi connectivity index (χ0) is 9.84. The van der Waals surface area contributed by atoms with Gasteiger partial charge in [-0.25, -0.2) is 5.01 Å². The molecule has 1 N–H and O–H groups in total. The molecule has 1 saturated heterocycles. The summed E-state index contributed by atoms with van der Waals surface area (Å²) in [5, 5.41) is 1.70. The van der Waals surface area contributed by atoms with Gasteiger partial charge in [-0.05, 0) is 25.9 Å². The second-order valence-corrected chi connectivity index (χ2v) is 4.05. The molecule has 0 aromatic carbocycles. The van der Waals surface area contributed by atoms with Crippen LogP contribution in [0.2, 0.25) is 0 Å². The molecule has 1 aliphatic heterocycles. The Kier molecular flexibility index (Phi) is 3.69. The smallest absolute Gasteiger partial charge is 0.234 e. The monoisotopic (exact) mass is 185 g/mol. The standard InChI is InChI=1S/C9H19N3O/c1-11(2)10-9(13)6-8-4-5-12(3)7-8/h8H,4-7H2,1-3H3,(H,10,13). The number of carbonyl (C=O) groups excluding carboxylic acids is 1. The summed E-state index contributed by atoms with van der Waals surface area (Å²) in [6.45, 7) is 2.18. The topological polar surface area (TPSA) is 35.6 Å². The SMILES string of the molecule is CN1CCC(CC(=O)NN(C)C)C1. The van der Waals surface area contributed by atoms with Gasteiger partial charge in [0.05, 0.1) is 0 Å². The van der Waals surface area contributed by atoms with Crippen LogP contribution in [0.15, 0.2) is 0 Å². The van der Waals surface area contributed by atoms with Gasteiger partial charge in [0.25, 0.3) is 0 Å². The van der Waals surface area contributed by atoms with Crippen molar-refractivity contribution in [2.45, 2.75) is 12.8 Å². The van der Waals surface area contributed by atoms with E-state index in [-0.39, 0.29) is 5.91 Å². The van der Waals surface area contributed by atoms with E-state index in [1.165, 1.54) is 0 Å². The van der Waals surface area contributed by atoms with E-state index in [2.05, 4.69) is 17.4 Å². The summed E-state index contributed by atoms with van der Waals surface area (Å²) in [4.78, 5) is 13.6. The largest absolute Gasteiger partial charge is 0.306 e. The number of likely N-dealkylation sites (tertiary alicyclic amines) is 1. The number of amides is 1. The van der Waals surface area contributed by atoms with Crippen molar-refractivity contribution in [1.82, 2.24) is 15.3 Å². The summed E-state index contributed by atoms with van der Waals surface area (Å²) < 4.78 is 0. The van der Waals surface area contributed by atoms with E-state index < -0.39 is 0 Å². The average Bonchev–Trinajstić information content (AvgIpc) is 2.33. The number of hydrogen-bond donors (Lipinski definition) is 1. The highest BCUT2D eigenvalue weighted by Gasteiger charge is 2.21. The normalized spacial score (nSPS) is 23.8. The zero-order valence-corrected chi connectivity index (χ0v) is 8.71. The van der Waals surface area contributed by atoms with Crippen LogP contribution in [0.3, 0.4) is 0 Å². The molecular formula is C9H19N3O. The maximum Gasteiger partial charge on any atom is 0.234 e. The van der Waals surface area contributed by atoms with Crippen LogP contribution in [-0.2, 0) is 4.79 Å². The van der Waals surface area contributed by atoms with Crippen molar-refractivity contribution >= 4 is 5.91 Å². The Labute approximate surface area is 79.9 Å². The van der Waals surface area contributed by atoms with Crippen LogP contribution in [0.25, 0.3) is 0 Å². The van der Waals surface area contributed by atoms with Crippen molar-refractivity contribution in [2.24, 2.45) is 5.92 Å². The fourth-order valence-corrected chi connectivity index (χ4v) is 1.75. The van der Waals surface area contributed by atoms with E-state index in [0.717, 1.165) is 19.5 Å². The predicted octanol–water partition coefficient (Wildman–Crippen LogP) is -0.0790. The summed E-state index contributed by atoms with van der Waals surface area (Å²) in [5.41, 5.74) is 2.76. The fraction of sp³-hybridized carbons (Fsp3) is 0.889. The molecule has 1 aliphatic rings. The highest BCUT2D eigenvalue weighted by molar-refractivity contribution is 5.75. The summed E-state index contributed by atoms with van der Waals surface area (Å²) >= 11 is 0. The lowest BCUT2D eigenvalue weighted by atomic mass is 10.1. The Morgan fingerprint density at radius 1 is 1.62 bits per heavy atom. The van der Waals surface area contributed by atoms with Crippen LogP contribution >= 0.6 is 0 Å². The van der Waals surface area contributed by atoms with Gasteiger partial charge in [0.2, 0.25) is 5.91 Å². The number of nitrogens with one attached hydrogen (secondary N) is 1. The number of rotatable bonds is 3. The van der Waals surface area contributed by atoms with Gasteiger partial charge in [0, 0.05) is 27.1 Å². The molecule has 1 unspecified atom stereocenters. The molecule has 76 valence electrons. The van der Waals surface area contributed by atoms with E-state index in [9.17, 15) is 4.79 Å². The Bertz CT molecular complexity index is 182. The highest BCUT2D eigenvalue weighted by atomic mass is 16.2. The van der Waals surface area contributed by atoms with Crippen LogP contribution in [-0.4, -0.2) is 50.0 Å². The molecular weight excluding hydrogens is 166 g/mol. The quantitative estimate of drug-likeness (QED) is 0.625. The molecule has 1 amide bonds. The summed E-state index contributed by atoms with van der Waals surface area (Å²) in [7, 11) is 5.77. The van der Waals surface area contributed by atoms with Crippen molar-refractivity contribution in [2.75, 3.05) is 34.2 Å². The van der Waals surface area contributed by atoms with E-state index in [1.807, 2.05) is 14.1 Å². The third-order valence-corrected chi connectivity index (χ3v) is 2.31. The van der Waals surface area contributed by atoms with Gasteiger partial charge in [-0.1, -0.05) is 0 Å². The molecule has 0 bridgehead atoms. The molecule has 0 saturated carbocycles. The van der Waals surface area contributed by atoms with Crippen LogP contribution in [0.1, 0.15) is 12.8 Å². The Balaban J connectivity index is 2.21. The van der Waals surface area contributed by atoms with Gasteiger partial charge in [-0.15, -0.1) is 0 Å². The van der Waals surface area contributed by atoms with E-state index in [0.29, 0.717) is 12.3 Å². The summed E-state index contributed by atoms with van der Waals surface area (Å²) in [6.07, 6.45) is 1.81. The van der Waals surface area contributed by atoms with Crippen molar-refractivity contribution in [3.8, 4) is 0 Å². The minimum Gasteiger partial charge on any atom is -0.306 e. The summed E-state index contributed by atoms with van der Waals surface area (Å²) in [6, 6.07) is 0. The second kappa shape index (κ2) is 4.58. The van der Waals surface area contributed by atoms with Crippen LogP contribution in [0, 0.1) is 5.92 Å². The molecule has 1 fully saturated rings. The van der Waals surface area contributed by atoms with Gasteiger partial charge in [-0.3, -0.25) is 10.2 Å². The molecule has 1 rings (SSSR count). The lowest BCUT2D eigenvalue weighted by Crippen LogP contribution is -2.37. The lowest BCUT2D eigenvalue weighted by Gasteiger charge is -2.14. The molecule has 1 heterocycles. The lowest BCUT2D eigenvalue weighted by molar-refractivity contribution is -0.125. The second-order valence-electron chi connectivity index (χ2n) is 4.05. The zero-order valence-electron chi connectivity index (χ0n) is 8.71. The van der Waals surface area contributed by atoms with Crippen molar-refractivity contribution in [3.63, 3.8) is 0 Å². The van der Waals surface area contributed by atoms with Crippen LogP contribution in [0.4, 0.5) is 0 Å². The Morgan fingerprint density at radius 2 is 2.31 bits per heavy atom. The number of hydrogen-bond acceptors (Lipinski definition) is 3. The first kappa shape index (κ1) is 10.5. The fourth-order valence-electron chi connectivity index (χ4n) is 1.75. The first-order chi connectivity index (χ1) is 6.08. The van der Waals surface area contributed by atoms with Gasteiger partial charge < -0.3 is 4.90 Å². The highest BCUT2D eigenvalue weighted by Crippen LogP contribution is 2.17. The molecule has 1 atom stereocenters. The first-order valence-electron chi connectivity index (χ1n) is 4.73. The van der Waals surface area contributed by atoms with Gasteiger partial charge in [-0.2, -0.15) is 0 Å². The minimum absolute atomic E-state index is 0.130. The molecule has 0 spiro atoms. The van der Waals surface area contributed by atoms with Gasteiger partial charge >= 0.3 is 0 Å². The molecule has 13 heavy (non-hydrogen) atoms. The van der Waals surface area contributed by atoms with Crippen molar-refractivity contribution in [3.05, 3.63) is 0 Å². The third kappa shape index (κ3) is 3.74. The predicted molar refractivity (Wildman–Crippen MR) is 52.1 cm³/mol. The molecule has 4 nitrogen and oxygen atoms in total. The maximum absolute atomic E-state index is 11.3. The van der Waals surface area contributed by atoms with Crippen molar-refractivity contribution < 1.29 is 4.79 Å². The van der Waals surface area contributed by atoms with E-state index in [1.54, 1.807) is 5.01 Å². The van der Waals surface area contributed by atoms with Crippen LogP contribution in [0.5, 0.6) is 0 Å². The van der Waals surface area contributed by atoms with Gasteiger partial charge in [0.15, 0.2) is 0 Å². The molecule has 0 aromatic heterocycles. The maximum atomic E-state index is 11.3. The van der Waals surface area contributed by atoms with Crippen molar-refractivity contribution in [1.29, 1.82) is 0 Å². The Hall–Kier alpha value is -0.610. The van der Waals surface area contributed by atoms with E-state index >= 15 is 0 Å². The number of hydrazine groups is 1. The van der Waals surface area contributed by atoms with E-state index in [4.69, 9.17) is 0 Å². The van der Waals surface area contributed by atoms with Crippen LogP contribution < -0.4 is 5.43 Å². The third-order valence-electron chi connectivity index (χ3n) is 2.31. The number of carbonyl (C=O) groups is 1. The minimum atomic E-state index is 0.130. The molecule has 4 heteroatoms. The Morgan fingerprint density at radius 3 is 2.77 bits per heavy atom. The summed E-state index contributed by atoms with van der Waals surface area (Å²) in [5.74, 6) is 0.676.